The standard InChI is InChI=1S/C14H17IO2/c1-14(2,3)17-13(16)11-7-6-10(8-12(11)15)9-4-5-9/h6-9H,4-5H2,1-3H3. The number of ether oxygens (including phenoxy) is 1. The highest BCUT2D eigenvalue weighted by Gasteiger charge is 2.25. The molecule has 2 rings (SSSR count). The molecule has 1 aliphatic rings. The van der Waals surface area contributed by atoms with E-state index in [4.69, 9.17) is 4.74 Å². The number of benzene rings is 1. The Kier molecular flexibility index (Phi) is 3.48. The molecule has 1 aromatic rings. The van der Waals surface area contributed by atoms with Crippen molar-refractivity contribution in [3.05, 3.63) is 32.9 Å². The molecule has 2 nitrogen and oxygen atoms in total. The number of halogens is 1. The lowest BCUT2D eigenvalue weighted by atomic mass is 10.1. The molecule has 0 amide bonds. The van der Waals surface area contributed by atoms with E-state index in [0.29, 0.717) is 5.56 Å². The van der Waals surface area contributed by atoms with Crippen LogP contribution in [-0.4, -0.2) is 11.6 Å². The van der Waals surface area contributed by atoms with Crippen molar-refractivity contribution in [3.8, 4) is 0 Å². The van der Waals surface area contributed by atoms with Gasteiger partial charge in [0.25, 0.3) is 0 Å². The highest BCUT2D eigenvalue weighted by Crippen LogP contribution is 2.40. The molecule has 0 aromatic heterocycles. The molecule has 0 spiro atoms. The first kappa shape index (κ1) is 12.9. The number of carbonyl (C=O) groups excluding carboxylic acids is 1. The van der Waals surface area contributed by atoms with Crippen molar-refractivity contribution >= 4 is 28.6 Å². The number of rotatable bonds is 2. The van der Waals surface area contributed by atoms with Gasteiger partial charge in [-0.2, -0.15) is 0 Å². The van der Waals surface area contributed by atoms with Gasteiger partial charge in [0.15, 0.2) is 0 Å². The predicted molar refractivity (Wildman–Crippen MR) is 76.3 cm³/mol. The van der Waals surface area contributed by atoms with Crippen molar-refractivity contribution in [2.24, 2.45) is 0 Å². The summed E-state index contributed by atoms with van der Waals surface area (Å²) >= 11 is 2.21. The van der Waals surface area contributed by atoms with Gasteiger partial charge in [0.1, 0.15) is 5.60 Å². The maximum atomic E-state index is 12.0. The quantitative estimate of drug-likeness (QED) is 0.596. The van der Waals surface area contributed by atoms with Gasteiger partial charge in [-0.1, -0.05) is 6.07 Å². The second kappa shape index (κ2) is 4.59. The molecule has 0 unspecified atom stereocenters. The van der Waals surface area contributed by atoms with Gasteiger partial charge in [-0.15, -0.1) is 0 Å². The van der Waals surface area contributed by atoms with E-state index in [1.807, 2.05) is 26.8 Å². The summed E-state index contributed by atoms with van der Waals surface area (Å²) in [6.07, 6.45) is 2.56. The van der Waals surface area contributed by atoms with E-state index in [2.05, 4.69) is 34.7 Å². The molecule has 17 heavy (non-hydrogen) atoms. The number of hydrogen-bond acceptors (Lipinski definition) is 2. The molecule has 0 radical (unpaired) electrons. The fourth-order valence-electron chi connectivity index (χ4n) is 1.70. The van der Waals surface area contributed by atoms with Crippen LogP contribution in [-0.2, 0) is 4.74 Å². The van der Waals surface area contributed by atoms with E-state index >= 15 is 0 Å². The molecular weight excluding hydrogens is 327 g/mol. The van der Waals surface area contributed by atoms with Crippen LogP contribution >= 0.6 is 22.6 Å². The highest BCUT2D eigenvalue weighted by molar-refractivity contribution is 14.1. The van der Waals surface area contributed by atoms with E-state index in [1.54, 1.807) is 0 Å². The minimum absolute atomic E-state index is 0.232. The Balaban J connectivity index is 2.18. The van der Waals surface area contributed by atoms with Crippen molar-refractivity contribution in [3.63, 3.8) is 0 Å². The Morgan fingerprint density at radius 1 is 1.35 bits per heavy atom. The topological polar surface area (TPSA) is 26.3 Å². The van der Waals surface area contributed by atoms with Gasteiger partial charge in [-0.05, 0) is 79.8 Å². The second-order valence-electron chi connectivity index (χ2n) is 5.52. The zero-order valence-corrected chi connectivity index (χ0v) is 12.6. The molecule has 1 fully saturated rings. The lowest BCUT2D eigenvalue weighted by molar-refractivity contribution is 0.00683. The first-order valence-corrected chi connectivity index (χ1v) is 6.97. The van der Waals surface area contributed by atoms with Crippen LogP contribution in [0, 0.1) is 3.57 Å². The summed E-state index contributed by atoms with van der Waals surface area (Å²) in [6, 6.07) is 6.06. The van der Waals surface area contributed by atoms with Crippen LogP contribution in [0.1, 0.15) is 55.5 Å². The molecule has 3 heteroatoms. The van der Waals surface area contributed by atoms with Crippen LogP contribution in [0.4, 0.5) is 0 Å². The normalized spacial score (nSPS) is 15.8. The average Bonchev–Trinajstić information content (AvgIpc) is 2.97. The second-order valence-corrected chi connectivity index (χ2v) is 6.68. The fraction of sp³-hybridized carbons (Fsp3) is 0.500. The SMILES string of the molecule is CC(C)(C)OC(=O)c1ccc(C2CC2)cc1I. The Labute approximate surface area is 116 Å². The smallest absolute Gasteiger partial charge is 0.339 e. The van der Waals surface area contributed by atoms with Gasteiger partial charge in [0.2, 0.25) is 0 Å². The lowest BCUT2D eigenvalue weighted by Gasteiger charge is -2.20. The maximum Gasteiger partial charge on any atom is 0.339 e. The van der Waals surface area contributed by atoms with Crippen molar-refractivity contribution in [2.45, 2.75) is 45.1 Å². The molecule has 0 bridgehead atoms. The summed E-state index contributed by atoms with van der Waals surface area (Å²) in [6.45, 7) is 5.66. The number of carbonyl (C=O) groups is 1. The molecule has 0 atom stereocenters. The monoisotopic (exact) mass is 344 g/mol. The average molecular weight is 344 g/mol. The van der Waals surface area contributed by atoms with Gasteiger partial charge in [-0.25, -0.2) is 4.79 Å². The third kappa shape index (κ3) is 3.44. The number of hydrogen-bond donors (Lipinski definition) is 0. The van der Waals surface area contributed by atoms with Crippen molar-refractivity contribution in [1.82, 2.24) is 0 Å². The van der Waals surface area contributed by atoms with Crippen molar-refractivity contribution in [1.29, 1.82) is 0 Å². The predicted octanol–water partition coefficient (Wildman–Crippen LogP) is 4.12. The summed E-state index contributed by atoms with van der Waals surface area (Å²) in [7, 11) is 0. The zero-order chi connectivity index (χ0) is 12.6. The molecule has 0 N–H and O–H groups in total. The molecule has 92 valence electrons. The molecule has 1 aliphatic carbocycles. The highest BCUT2D eigenvalue weighted by atomic mass is 127. The van der Waals surface area contributed by atoms with Gasteiger partial charge in [-0.3, -0.25) is 0 Å². The van der Waals surface area contributed by atoms with Crippen molar-refractivity contribution in [2.75, 3.05) is 0 Å². The van der Waals surface area contributed by atoms with Crippen molar-refractivity contribution < 1.29 is 9.53 Å². The Hall–Kier alpha value is -0.580. The Bertz CT molecular complexity index is 442. The molecule has 0 aliphatic heterocycles. The Morgan fingerprint density at radius 2 is 2.00 bits per heavy atom. The summed E-state index contributed by atoms with van der Waals surface area (Å²) in [5.41, 5.74) is 1.58. The summed E-state index contributed by atoms with van der Waals surface area (Å²) < 4.78 is 6.36. The van der Waals surface area contributed by atoms with Crippen LogP contribution < -0.4 is 0 Å². The van der Waals surface area contributed by atoms with Gasteiger partial charge < -0.3 is 4.74 Å². The number of esters is 1. The first-order valence-electron chi connectivity index (χ1n) is 5.89. The van der Waals surface area contributed by atoms with Crippen LogP contribution in [0.3, 0.4) is 0 Å². The summed E-state index contributed by atoms with van der Waals surface area (Å²) in [4.78, 5) is 12.0. The summed E-state index contributed by atoms with van der Waals surface area (Å²) in [5.74, 6) is 0.487. The third-order valence-corrected chi connectivity index (χ3v) is 3.55. The van der Waals surface area contributed by atoms with Gasteiger partial charge in [0.05, 0.1) is 5.56 Å². The van der Waals surface area contributed by atoms with E-state index in [-0.39, 0.29) is 5.97 Å². The minimum Gasteiger partial charge on any atom is -0.456 e. The van der Waals surface area contributed by atoms with Crippen LogP contribution in [0.25, 0.3) is 0 Å². The van der Waals surface area contributed by atoms with Crippen LogP contribution in [0.2, 0.25) is 0 Å². The van der Waals surface area contributed by atoms with Crippen LogP contribution in [0.15, 0.2) is 18.2 Å². The maximum absolute atomic E-state index is 12.0. The van der Waals surface area contributed by atoms with Crippen LogP contribution in [0.5, 0.6) is 0 Å². The third-order valence-electron chi connectivity index (χ3n) is 2.66. The molecule has 0 heterocycles. The largest absolute Gasteiger partial charge is 0.456 e. The minimum atomic E-state index is -0.435. The molecule has 1 saturated carbocycles. The Morgan fingerprint density at radius 3 is 2.47 bits per heavy atom. The zero-order valence-electron chi connectivity index (χ0n) is 10.4. The fourth-order valence-corrected chi connectivity index (χ4v) is 2.46. The van der Waals surface area contributed by atoms with Gasteiger partial charge >= 0.3 is 5.97 Å². The first-order chi connectivity index (χ1) is 7.87. The van der Waals surface area contributed by atoms with E-state index in [9.17, 15) is 4.79 Å². The summed E-state index contributed by atoms with van der Waals surface area (Å²) in [5, 5.41) is 0. The van der Waals surface area contributed by atoms with E-state index < -0.39 is 5.60 Å². The van der Waals surface area contributed by atoms with Gasteiger partial charge in [0, 0.05) is 3.57 Å². The molecule has 1 aromatic carbocycles. The molecule has 0 saturated heterocycles. The lowest BCUT2D eigenvalue weighted by Crippen LogP contribution is -2.24. The van der Waals surface area contributed by atoms with E-state index in [1.165, 1.54) is 18.4 Å². The molecular formula is C14H17IO2. The van der Waals surface area contributed by atoms with E-state index in [0.717, 1.165) is 9.49 Å².